The minimum Gasteiger partial charge on any atom is -0.352 e. The molecule has 17 heavy (non-hydrogen) atoms. The Balaban J connectivity index is 1.74. The van der Waals surface area contributed by atoms with Crippen molar-refractivity contribution in [1.82, 2.24) is 10.2 Å². The average molecular weight is 238 g/mol. The van der Waals surface area contributed by atoms with E-state index in [1.54, 1.807) is 0 Å². The zero-order valence-corrected chi connectivity index (χ0v) is 11.4. The van der Waals surface area contributed by atoms with E-state index in [9.17, 15) is 4.79 Å². The minimum absolute atomic E-state index is 0.210. The zero-order chi connectivity index (χ0) is 12.4. The third-order valence-corrected chi connectivity index (χ3v) is 4.53. The second-order valence-electron chi connectivity index (χ2n) is 6.18. The summed E-state index contributed by atoms with van der Waals surface area (Å²) >= 11 is 0. The van der Waals surface area contributed by atoms with Crippen LogP contribution in [0.3, 0.4) is 0 Å². The number of nitrogens with zero attached hydrogens (tertiary/aromatic N) is 1. The van der Waals surface area contributed by atoms with E-state index >= 15 is 0 Å². The molecular weight excluding hydrogens is 212 g/mol. The third kappa shape index (κ3) is 3.70. The fourth-order valence-corrected chi connectivity index (χ4v) is 2.78. The molecule has 0 aromatic carbocycles. The number of hydrogen-bond donors (Lipinski definition) is 1. The summed E-state index contributed by atoms with van der Waals surface area (Å²) in [5.41, 5.74) is 0. The maximum atomic E-state index is 11.7. The molecular formula is C14H26N2O. The normalized spacial score (nSPS) is 33.8. The highest BCUT2D eigenvalue weighted by Gasteiger charge is 2.29. The van der Waals surface area contributed by atoms with E-state index < -0.39 is 0 Å². The minimum atomic E-state index is 0.210. The number of rotatable bonds is 4. The van der Waals surface area contributed by atoms with Crippen molar-refractivity contribution in [1.29, 1.82) is 0 Å². The van der Waals surface area contributed by atoms with Crippen molar-refractivity contribution in [2.24, 2.45) is 11.8 Å². The first-order valence-electron chi connectivity index (χ1n) is 7.06. The number of likely N-dealkylation sites (N-methyl/N-ethyl adjacent to an activating group) is 1. The number of amides is 1. The van der Waals surface area contributed by atoms with Crippen LogP contribution in [0.15, 0.2) is 0 Å². The summed E-state index contributed by atoms with van der Waals surface area (Å²) in [6, 6.07) is 1.09. The molecule has 2 aliphatic rings. The van der Waals surface area contributed by atoms with Crippen LogP contribution in [0.1, 0.15) is 46.0 Å². The topological polar surface area (TPSA) is 32.3 Å². The molecule has 2 aliphatic carbocycles. The molecule has 0 aromatic heterocycles. The van der Waals surface area contributed by atoms with Gasteiger partial charge in [-0.25, -0.2) is 0 Å². The smallest absolute Gasteiger partial charge is 0.234 e. The summed E-state index contributed by atoms with van der Waals surface area (Å²) in [6.45, 7) is 5.26. The van der Waals surface area contributed by atoms with Gasteiger partial charge in [0.1, 0.15) is 0 Å². The lowest BCUT2D eigenvalue weighted by atomic mass is 9.78. The third-order valence-electron chi connectivity index (χ3n) is 4.53. The van der Waals surface area contributed by atoms with Crippen LogP contribution in [-0.2, 0) is 4.79 Å². The van der Waals surface area contributed by atoms with Crippen LogP contribution in [0.5, 0.6) is 0 Å². The van der Waals surface area contributed by atoms with Crippen LogP contribution in [0.25, 0.3) is 0 Å². The van der Waals surface area contributed by atoms with Crippen LogP contribution in [0, 0.1) is 11.8 Å². The Morgan fingerprint density at radius 1 is 1.18 bits per heavy atom. The van der Waals surface area contributed by atoms with Gasteiger partial charge >= 0.3 is 0 Å². The first-order chi connectivity index (χ1) is 8.06. The summed E-state index contributed by atoms with van der Waals surface area (Å²) in [5.74, 6) is 1.85. The second-order valence-corrected chi connectivity index (χ2v) is 6.18. The van der Waals surface area contributed by atoms with Crippen LogP contribution in [0.2, 0.25) is 0 Å². The number of carbonyl (C=O) groups excluding carboxylic acids is 1. The Bertz CT molecular complexity index is 275. The SMILES string of the molecule is C[C@@H]1CC[C@@H](N(C)CC(=O)NC2CC2)C[C@H]1C. The maximum Gasteiger partial charge on any atom is 0.234 e. The summed E-state index contributed by atoms with van der Waals surface area (Å²) in [4.78, 5) is 14.0. The molecule has 1 N–H and O–H groups in total. The van der Waals surface area contributed by atoms with E-state index in [-0.39, 0.29) is 5.91 Å². The summed E-state index contributed by atoms with van der Waals surface area (Å²) in [7, 11) is 2.10. The quantitative estimate of drug-likeness (QED) is 0.812. The summed E-state index contributed by atoms with van der Waals surface area (Å²) in [5, 5.41) is 3.06. The van der Waals surface area contributed by atoms with Gasteiger partial charge in [0.15, 0.2) is 0 Å². The molecule has 3 nitrogen and oxygen atoms in total. The lowest BCUT2D eigenvalue weighted by Gasteiger charge is -2.37. The van der Waals surface area contributed by atoms with Crippen LogP contribution >= 0.6 is 0 Å². The lowest BCUT2D eigenvalue weighted by molar-refractivity contribution is -0.122. The monoisotopic (exact) mass is 238 g/mol. The number of hydrogen-bond acceptors (Lipinski definition) is 2. The Kier molecular flexibility index (Phi) is 4.08. The van der Waals surface area contributed by atoms with Crippen molar-refractivity contribution in [3.05, 3.63) is 0 Å². The van der Waals surface area contributed by atoms with Crippen molar-refractivity contribution in [2.75, 3.05) is 13.6 Å². The van der Waals surface area contributed by atoms with Gasteiger partial charge in [0.05, 0.1) is 6.54 Å². The molecule has 2 fully saturated rings. The summed E-state index contributed by atoms with van der Waals surface area (Å²) in [6.07, 6.45) is 6.15. The Morgan fingerprint density at radius 3 is 2.47 bits per heavy atom. The molecule has 0 spiro atoms. The Hall–Kier alpha value is -0.570. The highest BCUT2D eigenvalue weighted by molar-refractivity contribution is 5.78. The van der Waals surface area contributed by atoms with Crippen molar-refractivity contribution in [3.8, 4) is 0 Å². The maximum absolute atomic E-state index is 11.7. The standard InChI is InChI=1S/C14H26N2O/c1-10-4-7-13(8-11(10)2)16(3)9-14(17)15-12-5-6-12/h10-13H,4-9H2,1-3H3,(H,15,17)/t10-,11-,13-/m1/s1. The molecule has 0 unspecified atom stereocenters. The van der Waals surface area contributed by atoms with Crippen molar-refractivity contribution in [3.63, 3.8) is 0 Å². The van der Waals surface area contributed by atoms with Gasteiger partial charge < -0.3 is 5.32 Å². The fourth-order valence-electron chi connectivity index (χ4n) is 2.78. The molecule has 98 valence electrons. The predicted molar refractivity (Wildman–Crippen MR) is 69.8 cm³/mol. The molecule has 2 rings (SSSR count). The van der Waals surface area contributed by atoms with E-state index in [2.05, 4.69) is 31.1 Å². The van der Waals surface area contributed by atoms with Crippen molar-refractivity contribution in [2.45, 2.75) is 58.0 Å². The molecule has 1 amide bonds. The predicted octanol–water partition coefficient (Wildman–Crippen LogP) is 2.02. The van der Waals surface area contributed by atoms with Gasteiger partial charge in [-0.3, -0.25) is 9.69 Å². The van der Waals surface area contributed by atoms with E-state index in [4.69, 9.17) is 0 Å². The molecule has 3 atom stereocenters. The Morgan fingerprint density at radius 2 is 1.88 bits per heavy atom. The van der Waals surface area contributed by atoms with Gasteiger partial charge in [-0.1, -0.05) is 13.8 Å². The highest BCUT2D eigenvalue weighted by Crippen LogP contribution is 2.31. The largest absolute Gasteiger partial charge is 0.352 e. The van der Waals surface area contributed by atoms with Crippen LogP contribution in [-0.4, -0.2) is 36.5 Å². The van der Waals surface area contributed by atoms with Gasteiger partial charge in [-0.05, 0) is 51.0 Å². The molecule has 0 bridgehead atoms. The van der Waals surface area contributed by atoms with Gasteiger partial charge in [0.25, 0.3) is 0 Å². The molecule has 0 saturated heterocycles. The van der Waals surface area contributed by atoms with Gasteiger partial charge in [0.2, 0.25) is 5.91 Å². The second kappa shape index (κ2) is 5.38. The van der Waals surface area contributed by atoms with Crippen LogP contribution in [0.4, 0.5) is 0 Å². The average Bonchev–Trinajstić information content (AvgIpc) is 3.05. The first-order valence-corrected chi connectivity index (χ1v) is 7.06. The molecule has 3 heteroatoms. The van der Waals surface area contributed by atoms with Crippen molar-refractivity contribution >= 4 is 5.91 Å². The van der Waals surface area contributed by atoms with Gasteiger partial charge in [0, 0.05) is 12.1 Å². The zero-order valence-electron chi connectivity index (χ0n) is 11.4. The number of nitrogens with one attached hydrogen (secondary N) is 1. The molecule has 2 saturated carbocycles. The Labute approximate surface area is 105 Å². The van der Waals surface area contributed by atoms with E-state index in [1.807, 2.05) is 0 Å². The first kappa shape index (κ1) is 12.9. The van der Waals surface area contributed by atoms with Gasteiger partial charge in [-0.15, -0.1) is 0 Å². The molecule has 0 aliphatic heterocycles. The van der Waals surface area contributed by atoms with E-state index in [0.29, 0.717) is 18.6 Å². The lowest BCUT2D eigenvalue weighted by Crippen LogP contribution is -2.43. The van der Waals surface area contributed by atoms with E-state index in [0.717, 1.165) is 11.8 Å². The molecule has 0 heterocycles. The molecule has 0 radical (unpaired) electrons. The summed E-state index contributed by atoms with van der Waals surface area (Å²) < 4.78 is 0. The number of carbonyl (C=O) groups is 1. The fraction of sp³-hybridized carbons (Fsp3) is 0.929. The highest BCUT2D eigenvalue weighted by atomic mass is 16.2. The van der Waals surface area contributed by atoms with Crippen molar-refractivity contribution < 1.29 is 4.79 Å². The van der Waals surface area contributed by atoms with Gasteiger partial charge in [-0.2, -0.15) is 0 Å². The van der Waals surface area contributed by atoms with Crippen LogP contribution < -0.4 is 5.32 Å². The van der Waals surface area contributed by atoms with E-state index in [1.165, 1.54) is 32.1 Å². The molecule has 0 aromatic rings.